The van der Waals surface area contributed by atoms with Crippen molar-refractivity contribution in [3.63, 3.8) is 0 Å². The van der Waals surface area contributed by atoms with Crippen LogP contribution in [0.1, 0.15) is 23.2 Å². The highest BCUT2D eigenvalue weighted by atomic mass is 16.5. The zero-order chi connectivity index (χ0) is 14.8. The lowest BCUT2D eigenvalue weighted by Crippen LogP contribution is -2.33. The summed E-state index contributed by atoms with van der Waals surface area (Å²) in [5, 5.41) is 3.65. The number of fused-ring (bicyclic) bond motifs is 1. The Morgan fingerprint density at radius 1 is 1.43 bits per heavy atom. The number of carbonyl (C=O) groups is 1. The Bertz CT molecular complexity index is 730. The maximum atomic E-state index is 12.4. The van der Waals surface area contributed by atoms with E-state index >= 15 is 0 Å². The molecule has 2 heterocycles. The van der Waals surface area contributed by atoms with Gasteiger partial charge in [0.05, 0.1) is 17.2 Å². The number of ether oxygens (including phenoxy) is 1. The van der Waals surface area contributed by atoms with E-state index in [9.17, 15) is 9.59 Å². The normalized spacial score (nSPS) is 18.0. The van der Waals surface area contributed by atoms with Gasteiger partial charge in [-0.2, -0.15) is 0 Å². The second-order valence-corrected chi connectivity index (χ2v) is 5.32. The summed E-state index contributed by atoms with van der Waals surface area (Å²) in [7, 11) is 1.71. The molecule has 21 heavy (non-hydrogen) atoms. The average molecular weight is 286 g/mol. The van der Waals surface area contributed by atoms with Crippen molar-refractivity contribution in [1.29, 1.82) is 0 Å². The fraction of sp³-hybridized carbons (Fsp3) is 0.375. The molecule has 0 saturated carbocycles. The van der Waals surface area contributed by atoms with E-state index in [4.69, 9.17) is 4.74 Å². The number of aryl methyl sites for hydroxylation is 1. The van der Waals surface area contributed by atoms with Crippen molar-refractivity contribution >= 4 is 16.8 Å². The van der Waals surface area contributed by atoms with Crippen LogP contribution in [0.15, 0.2) is 35.1 Å². The van der Waals surface area contributed by atoms with Gasteiger partial charge in [-0.3, -0.25) is 9.59 Å². The van der Waals surface area contributed by atoms with Gasteiger partial charge in [0.2, 0.25) is 0 Å². The van der Waals surface area contributed by atoms with Crippen LogP contribution in [0.2, 0.25) is 0 Å². The zero-order valence-electron chi connectivity index (χ0n) is 12.0. The Balaban J connectivity index is 1.90. The number of carbonyl (C=O) groups excluding carboxylic acids is 1. The molecule has 1 unspecified atom stereocenters. The van der Waals surface area contributed by atoms with Crippen molar-refractivity contribution in [2.75, 3.05) is 13.2 Å². The van der Waals surface area contributed by atoms with Crippen molar-refractivity contribution in [3.05, 3.63) is 46.2 Å². The zero-order valence-corrected chi connectivity index (χ0v) is 12.0. The van der Waals surface area contributed by atoms with E-state index < -0.39 is 0 Å². The van der Waals surface area contributed by atoms with Gasteiger partial charge in [0.15, 0.2) is 0 Å². The van der Waals surface area contributed by atoms with Crippen LogP contribution in [0.25, 0.3) is 10.9 Å². The van der Waals surface area contributed by atoms with Gasteiger partial charge in [-0.25, -0.2) is 0 Å². The van der Waals surface area contributed by atoms with Crippen LogP contribution >= 0.6 is 0 Å². The minimum absolute atomic E-state index is 0.0896. The van der Waals surface area contributed by atoms with E-state index in [0.717, 1.165) is 30.4 Å². The summed E-state index contributed by atoms with van der Waals surface area (Å²) < 4.78 is 7.04. The van der Waals surface area contributed by atoms with E-state index in [1.165, 1.54) is 6.07 Å². The molecular weight excluding hydrogens is 268 g/mol. The lowest BCUT2D eigenvalue weighted by Gasteiger charge is -2.13. The lowest BCUT2D eigenvalue weighted by atomic mass is 10.1. The SMILES string of the molecule is Cn1c(=O)cc(C(=O)NCC2CCCO2)c2ccccc21. The number of amides is 1. The van der Waals surface area contributed by atoms with Crippen LogP contribution in [-0.2, 0) is 11.8 Å². The molecule has 110 valence electrons. The number of rotatable bonds is 3. The molecule has 1 aromatic carbocycles. The van der Waals surface area contributed by atoms with Crippen LogP contribution in [0.5, 0.6) is 0 Å². The van der Waals surface area contributed by atoms with Crippen LogP contribution in [0, 0.1) is 0 Å². The van der Waals surface area contributed by atoms with Crippen molar-refractivity contribution < 1.29 is 9.53 Å². The number of benzene rings is 1. The minimum Gasteiger partial charge on any atom is -0.376 e. The Labute approximate surface area is 122 Å². The molecule has 2 aromatic rings. The van der Waals surface area contributed by atoms with Gasteiger partial charge in [0.1, 0.15) is 0 Å². The van der Waals surface area contributed by atoms with Crippen molar-refractivity contribution in [2.24, 2.45) is 7.05 Å². The quantitative estimate of drug-likeness (QED) is 0.929. The van der Waals surface area contributed by atoms with Crippen LogP contribution in [0.4, 0.5) is 0 Å². The fourth-order valence-corrected chi connectivity index (χ4v) is 2.71. The third-order valence-corrected chi connectivity index (χ3v) is 3.91. The number of hydrogen-bond acceptors (Lipinski definition) is 3. The molecule has 0 radical (unpaired) electrons. The smallest absolute Gasteiger partial charge is 0.252 e. The molecule has 1 aromatic heterocycles. The second-order valence-electron chi connectivity index (χ2n) is 5.32. The van der Waals surface area contributed by atoms with Crippen LogP contribution in [0.3, 0.4) is 0 Å². The number of nitrogens with zero attached hydrogens (tertiary/aromatic N) is 1. The topological polar surface area (TPSA) is 60.3 Å². The van der Waals surface area contributed by atoms with Gasteiger partial charge in [-0.1, -0.05) is 18.2 Å². The third-order valence-electron chi connectivity index (χ3n) is 3.91. The molecule has 3 rings (SSSR count). The first-order valence-corrected chi connectivity index (χ1v) is 7.15. The molecule has 0 aliphatic carbocycles. The highest BCUT2D eigenvalue weighted by Gasteiger charge is 2.18. The second kappa shape index (κ2) is 5.69. The summed E-state index contributed by atoms with van der Waals surface area (Å²) in [4.78, 5) is 24.3. The molecule has 1 saturated heterocycles. The lowest BCUT2D eigenvalue weighted by molar-refractivity contribution is 0.0859. The highest BCUT2D eigenvalue weighted by molar-refractivity contribution is 6.06. The largest absolute Gasteiger partial charge is 0.376 e. The van der Waals surface area contributed by atoms with Crippen molar-refractivity contribution in [1.82, 2.24) is 9.88 Å². The summed E-state index contributed by atoms with van der Waals surface area (Å²) >= 11 is 0. The first-order chi connectivity index (χ1) is 10.2. The van der Waals surface area contributed by atoms with E-state index in [0.29, 0.717) is 12.1 Å². The summed E-state index contributed by atoms with van der Waals surface area (Å²) in [5.41, 5.74) is 0.995. The number of nitrogens with one attached hydrogen (secondary N) is 1. The first kappa shape index (κ1) is 13.8. The third kappa shape index (κ3) is 2.69. The minimum atomic E-state index is -0.223. The van der Waals surface area contributed by atoms with Gasteiger partial charge in [0, 0.05) is 31.7 Å². The highest BCUT2D eigenvalue weighted by Crippen LogP contribution is 2.16. The Morgan fingerprint density at radius 3 is 3.00 bits per heavy atom. The summed E-state index contributed by atoms with van der Waals surface area (Å²) in [6.45, 7) is 1.25. The fourth-order valence-electron chi connectivity index (χ4n) is 2.71. The van der Waals surface area contributed by atoms with Gasteiger partial charge < -0.3 is 14.6 Å². The van der Waals surface area contributed by atoms with E-state index in [2.05, 4.69) is 5.32 Å². The van der Waals surface area contributed by atoms with E-state index in [1.807, 2.05) is 24.3 Å². The van der Waals surface area contributed by atoms with Crippen molar-refractivity contribution in [3.8, 4) is 0 Å². The van der Waals surface area contributed by atoms with Crippen LogP contribution in [-0.4, -0.2) is 29.7 Å². The molecule has 1 aliphatic rings. The number of aromatic nitrogens is 1. The van der Waals surface area contributed by atoms with E-state index in [-0.39, 0.29) is 17.6 Å². The maximum Gasteiger partial charge on any atom is 0.252 e. The predicted octanol–water partition coefficient (Wildman–Crippen LogP) is 1.45. The standard InChI is InChI=1S/C16H18N2O3/c1-18-14-7-3-2-6-12(14)13(9-15(18)19)16(20)17-10-11-5-4-8-21-11/h2-3,6-7,9,11H,4-5,8,10H2,1H3,(H,17,20). The Kier molecular flexibility index (Phi) is 3.75. The summed E-state index contributed by atoms with van der Waals surface area (Å²) in [6.07, 6.45) is 2.10. The molecular formula is C16H18N2O3. The molecule has 0 spiro atoms. The number of para-hydroxylation sites is 1. The number of pyridine rings is 1. The molecule has 1 N–H and O–H groups in total. The predicted molar refractivity (Wildman–Crippen MR) is 80.5 cm³/mol. The van der Waals surface area contributed by atoms with Crippen LogP contribution < -0.4 is 10.9 Å². The Hall–Kier alpha value is -2.14. The summed E-state index contributed by atoms with van der Waals surface area (Å²) in [6, 6.07) is 8.82. The van der Waals surface area contributed by atoms with Gasteiger partial charge in [-0.05, 0) is 18.9 Å². The average Bonchev–Trinajstić information content (AvgIpc) is 3.02. The van der Waals surface area contributed by atoms with Crippen molar-refractivity contribution in [2.45, 2.75) is 18.9 Å². The molecule has 5 heteroatoms. The summed E-state index contributed by atoms with van der Waals surface area (Å²) in [5.74, 6) is -0.223. The maximum absolute atomic E-state index is 12.4. The van der Waals surface area contributed by atoms with Gasteiger partial charge in [-0.15, -0.1) is 0 Å². The van der Waals surface area contributed by atoms with Gasteiger partial charge in [0.25, 0.3) is 11.5 Å². The number of hydrogen-bond donors (Lipinski definition) is 1. The molecule has 1 fully saturated rings. The van der Waals surface area contributed by atoms with Gasteiger partial charge >= 0.3 is 0 Å². The molecule has 1 amide bonds. The van der Waals surface area contributed by atoms with E-state index in [1.54, 1.807) is 11.6 Å². The molecule has 0 bridgehead atoms. The monoisotopic (exact) mass is 286 g/mol. The Morgan fingerprint density at radius 2 is 2.24 bits per heavy atom. The molecule has 1 atom stereocenters. The molecule has 5 nitrogen and oxygen atoms in total. The first-order valence-electron chi connectivity index (χ1n) is 7.15. The molecule has 1 aliphatic heterocycles.